The Bertz CT molecular complexity index is 1890. The Morgan fingerprint density at radius 1 is 0.706 bits per heavy atom. The lowest BCUT2D eigenvalue weighted by Crippen LogP contribution is -2.37. The fourth-order valence-corrected chi connectivity index (χ4v) is 7.60. The predicted molar refractivity (Wildman–Crippen MR) is 192 cm³/mol. The van der Waals surface area contributed by atoms with Gasteiger partial charge >= 0.3 is 6.43 Å². The predicted octanol–water partition coefficient (Wildman–Crippen LogP) is 7.60. The second-order valence-electron chi connectivity index (χ2n) is 12.7. The molecule has 2 aliphatic carbocycles. The van der Waals surface area contributed by atoms with E-state index < -0.39 is 24.7 Å². The van der Waals surface area contributed by atoms with Gasteiger partial charge in [-0.15, -0.1) is 0 Å². The third-order valence-corrected chi connectivity index (χ3v) is 10.6. The molecule has 268 valence electrons. The average molecular weight is 779 g/mol. The Morgan fingerprint density at radius 3 is 1.45 bits per heavy atom. The van der Waals surface area contributed by atoms with Gasteiger partial charge in [0.05, 0.1) is 24.2 Å². The number of aromatic nitrogens is 4. The van der Waals surface area contributed by atoms with Crippen LogP contribution in [0.15, 0.2) is 61.2 Å². The van der Waals surface area contributed by atoms with Crippen molar-refractivity contribution in [3.05, 3.63) is 115 Å². The van der Waals surface area contributed by atoms with Crippen molar-refractivity contribution in [3.8, 4) is 0 Å². The minimum Gasteiger partial charge on any atom is -0.344 e. The molecule has 0 aliphatic heterocycles. The number of halogens is 6. The van der Waals surface area contributed by atoms with Crippen LogP contribution < -0.4 is 11.1 Å². The summed E-state index contributed by atoms with van der Waals surface area (Å²) >= 11 is 24.8. The molecule has 9 nitrogen and oxygen atoms in total. The number of carbonyl (C=O) groups is 3. The number of carbonyl (C=O) groups excluding carboxylic acids is 3. The maximum absolute atomic E-state index is 12.2. The molecule has 0 spiro atoms. The first-order valence-electron chi connectivity index (χ1n) is 16.2. The van der Waals surface area contributed by atoms with Gasteiger partial charge < -0.3 is 11.1 Å². The van der Waals surface area contributed by atoms with Crippen molar-refractivity contribution in [3.63, 3.8) is 0 Å². The number of amides is 1. The largest absolute Gasteiger partial charge is 0.344 e. The minimum atomic E-state index is -3.16. The number of rotatable bonds is 12. The molecular formula is C36H34Cl4F2N6O3. The lowest BCUT2D eigenvalue weighted by Gasteiger charge is -2.42. The highest BCUT2D eigenvalue weighted by molar-refractivity contribution is 6.35. The number of nitrogens with zero attached hydrogens (tertiary/aromatic N) is 4. The highest BCUT2D eigenvalue weighted by Crippen LogP contribution is 2.49. The van der Waals surface area contributed by atoms with Gasteiger partial charge in [0.15, 0.2) is 11.6 Å². The van der Waals surface area contributed by atoms with E-state index in [2.05, 4.69) is 19.9 Å². The van der Waals surface area contributed by atoms with Gasteiger partial charge in [-0.2, -0.15) is 8.78 Å². The fraction of sp³-hybridized carbons (Fsp3) is 0.361. The molecule has 1 amide bonds. The van der Waals surface area contributed by atoms with E-state index in [0.717, 1.165) is 49.7 Å². The number of Topliss-reactive ketones (excluding diaryl/α,β-unsaturated/α-hetero) is 2. The van der Waals surface area contributed by atoms with Crippen molar-refractivity contribution >= 4 is 63.9 Å². The summed E-state index contributed by atoms with van der Waals surface area (Å²) in [6.45, 7) is -0.566. The number of alkyl halides is 2. The molecular weight excluding hydrogens is 744 g/mol. The van der Waals surface area contributed by atoms with E-state index in [0.29, 0.717) is 50.1 Å². The zero-order chi connectivity index (χ0) is 36.8. The zero-order valence-corrected chi connectivity index (χ0v) is 30.3. The summed E-state index contributed by atoms with van der Waals surface area (Å²) in [6.07, 6.45) is 10.1. The number of hydrogen-bond donors (Lipinski definition) is 2. The minimum absolute atomic E-state index is 0.0347. The maximum atomic E-state index is 12.2. The van der Waals surface area contributed by atoms with Crippen LogP contribution in [0.4, 0.5) is 8.78 Å². The summed E-state index contributed by atoms with van der Waals surface area (Å²) in [5.41, 5.74) is 7.83. The lowest BCUT2D eigenvalue weighted by atomic mass is 9.62. The summed E-state index contributed by atoms with van der Waals surface area (Å²) < 4.78 is 24.3. The van der Waals surface area contributed by atoms with E-state index in [1.165, 1.54) is 12.4 Å². The number of ketones is 2. The molecule has 4 aromatic rings. The third kappa shape index (κ3) is 9.25. The molecule has 2 aliphatic rings. The van der Waals surface area contributed by atoms with Crippen LogP contribution in [-0.2, 0) is 28.5 Å². The number of benzene rings is 2. The standard InChI is InChI=1S/C19H17Cl2F2N3O2.C17H17Cl2N3O/c20-12-2-3-13(14(21)6-12)19(4-1-5-19)7-16-24-8-11(9-25-16)15(27)10-26-18(28)17(22)23;18-12-2-3-13(14(19)6-12)17(4-1-5-17)7-16-21-9-11(10-22-16)15(23)8-20/h2-3,6,8-9,17H,1,4-5,7,10H2,(H,26,28);2-3,6,9-10H,1,4-5,7-8,20H2. The van der Waals surface area contributed by atoms with E-state index >= 15 is 0 Å². The molecule has 0 unspecified atom stereocenters. The molecule has 2 aromatic carbocycles. The molecule has 2 heterocycles. The summed E-state index contributed by atoms with van der Waals surface area (Å²) in [5.74, 6) is -0.920. The van der Waals surface area contributed by atoms with Crippen molar-refractivity contribution in [1.82, 2.24) is 25.3 Å². The highest BCUT2D eigenvalue weighted by atomic mass is 35.5. The molecule has 15 heteroatoms. The smallest absolute Gasteiger partial charge is 0.315 e. The van der Waals surface area contributed by atoms with Crippen LogP contribution in [0, 0.1) is 0 Å². The third-order valence-electron chi connectivity index (χ3n) is 9.48. The second kappa shape index (κ2) is 16.8. The summed E-state index contributed by atoms with van der Waals surface area (Å²) in [6, 6.07) is 11.1. The number of nitrogens with one attached hydrogen (secondary N) is 1. The van der Waals surface area contributed by atoms with Crippen molar-refractivity contribution in [2.75, 3.05) is 13.1 Å². The highest BCUT2D eigenvalue weighted by Gasteiger charge is 2.42. The van der Waals surface area contributed by atoms with Crippen LogP contribution in [0.2, 0.25) is 20.1 Å². The summed E-state index contributed by atoms with van der Waals surface area (Å²) in [4.78, 5) is 51.5. The van der Waals surface area contributed by atoms with E-state index in [1.54, 1.807) is 30.6 Å². The van der Waals surface area contributed by atoms with Crippen molar-refractivity contribution in [1.29, 1.82) is 0 Å². The Kier molecular flexibility index (Phi) is 12.7. The summed E-state index contributed by atoms with van der Waals surface area (Å²) in [7, 11) is 0. The number of nitrogens with two attached hydrogens (primary N) is 1. The summed E-state index contributed by atoms with van der Waals surface area (Å²) in [5, 5.41) is 4.36. The van der Waals surface area contributed by atoms with E-state index in [4.69, 9.17) is 52.1 Å². The average Bonchev–Trinajstić information content (AvgIpc) is 3.08. The molecule has 0 bridgehead atoms. The van der Waals surface area contributed by atoms with Gasteiger partial charge in [0.2, 0.25) is 0 Å². The Labute approximate surface area is 313 Å². The topological polar surface area (TPSA) is 141 Å². The molecule has 0 radical (unpaired) electrons. The van der Waals surface area contributed by atoms with Crippen LogP contribution in [0.5, 0.6) is 0 Å². The Morgan fingerprint density at radius 2 is 1.12 bits per heavy atom. The Hall–Kier alpha value is -3.61. The van der Waals surface area contributed by atoms with Gasteiger partial charge in [-0.1, -0.05) is 71.4 Å². The molecule has 2 aromatic heterocycles. The molecule has 51 heavy (non-hydrogen) atoms. The molecule has 2 fully saturated rings. The van der Waals surface area contributed by atoms with Gasteiger partial charge in [-0.25, -0.2) is 19.9 Å². The normalized spacial score (nSPS) is 15.5. The van der Waals surface area contributed by atoms with Crippen LogP contribution >= 0.6 is 46.4 Å². The van der Waals surface area contributed by atoms with Gasteiger partial charge in [0.25, 0.3) is 5.91 Å². The maximum Gasteiger partial charge on any atom is 0.315 e. The van der Waals surface area contributed by atoms with Gasteiger partial charge in [0, 0.05) is 68.5 Å². The van der Waals surface area contributed by atoms with Crippen LogP contribution in [-0.4, -0.2) is 56.9 Å². The van der Waals surface area contributed by atoms with Gasteiger partial charge in [0.1, 0.15) is 11.6 Å². The van der Waals surface area contributed by atoms with Crippen LogP contribution in [0.1, 0.15) is 82.0 Å². The van der Waals surface area contributed by atoms with Crippen molar-refractivity contribution < 1.29 is 23.2 Å². The lowest BCUT2D eigenvalue weighted by molar-refractivity contribution is -0.131. The van der Waals surface area contributed by atoms with Gasteiger partial charge in [-0.05, 0) is 61.1 Å². The molecule has 6 rings (SSSR count). The SMILES string of the molecule is NCC(=O)c1cnc(CC2(c3ccc(Cl)cc3Cl)CCC2)nc1.O=C(CNC(=O)C(F)F)c1cnc(CC2(c3ccc(Cl)cc3Cl)CCC2)nc1. The molecule has 3 N–H and O–H groups in total. The van der Waals surface area contributed by atoms with E-state index in [9.17, 15) is 23.2 Å². The first-order chi connectivity index (χ1) is 24.3. The first-order valence-corrected chi connectivity index (χ1v) is 17.7. The fourth-order valence-electron chi connectivity index (χ4n) is 6.38. The second-order valence-corrected chi connectivity index (χ2v) is 14.4. The van der Waals surface area contributed by atoms with Crippen LogP contribution in [0.25, 0.3) is 0 Å². The van der Waals surface area contributed by atoms with Crippen molar-refractivity contribution in [2.45, 2.75) is 68.6 Å². The van der Waals surface area contributed by atoms with Gasteiger partial charge in [-0.3, -0.25) is 14.4 Å². The zero-order valence-electron chi connectivity index (χ0n) is 27.3. The molecule has 0 atom stereocenters. The molecule has 2 saturated carbocycles. The van der Waals surface area contributed by atoms with Crippen molar-refractivity contribution in [2.24, 2.45) is 5.73 Å². The quantitative estimate of drug-likeness (QED) is 0.140. The van der Waals surface area contributed by atoms with E-state index in [-0.39, 0.29) is 28.7 Å². The van der Waals surface area contributed by atoms with Crippen LogP contribution in [0.3, 0.4) is 0 Å². The monoisotopic (exact) mass is 776 g/mol. The number of hydrogen-bond acceptors (Lipinski definition) is 8. The first kappa shape index (κ1) is 38.6. The van der Waals surface area contributed by atoms with E-state index in [1.807, 2.05) is 23.5 Å². The Balaban J connectivity index is 0.000000201. The molecule has 0 saturated heterocycles.